The summed E-state index contributed by atoms with van der Waals surface area (Å²) in [6, 6.07) is 0. The first-order valence-corrected chi connectivity index (χ1v) is 12.7. The van der Waals surface area contributed by atoms with Gasteiger partial charge in [-0.05, 0) is 33.6 Å². The molecule has 2 heterocycles. The Balaban J connectivity index is 0.00000578. The van der Waals surface area contributed by atoms with Crippen molar-refractivity contribution in [2.75, 3.05) is 33.5 Å². The van der Waals surface area contributed by atoms with Crippen molar-refractivity contribution in [3.8, 4) is 5.88 Å². The summed E-state index contributed by atoms with van der Waals surface area (Å²) in [5, 5.41) is 0. The van der Waals surface area contributed by atoms with Gasteiger partial charge in [0.05, 0.1) is 31.9 Å². The summed E-state index contributed by atoms with van der Waals surface area (Å²) in [5.41, 5.74) is 1.38. The molecule has 0 bridgehead atoms. The molecule has 0 amide bonds. The van der Waals surface area contributed by atoms with Gasteiger partial charge in [-0.25, -0.2) is 0 Å². The zero-order chi connectivity index (χ0) is 24.3. The highest BCUT2D eigenvalue weighted by Crippen LogP contribution is 2.30. The fourth-order valence-electron chi connectivity index (χ4n) is 3.63. The van der Waals surface area contributed by atoms with E-state index in [9.17, 15) is 9.59 Å². The lowest BCUT2D eigenvalue weighted by molar-refractivity contribution is -0.919. The third kappa shape index (κ3) is 11.4. The van der Waals surface area contributed by atoms with E-state index in [-0.39, 0.29) is 55.5 Å². The van der Waals surface area contributed by atoms with Crippen molar-refractivity contribution in [1.29, 1.82) is 0 Å². The van der Waals surface area contributed by atoms with Gasteiger partial charge < -0.3 is 38.2 Å². The van der Waals surface area contributed by atoms with Crippen LogP contribution in [-0.2, 0) is 19.1 Å². The predicted octanol–water partition coefficient (Wildman–Crippen LogP) is 1.75. The first-order chi connectivity index (χ1) is 15.6. The Morgan fingerprint density at radius 3 is 2.53 bits per heavy atom. The van der Waals surface area contributed by atoms with E-state index >= 15 is 0 Å². The summed E-state index contributed by atoms with van der Waals surface area (Å²) in [6.45, 7) is 10.2. The predicted molar refractivity (Wildman–Crippen MR) is 129 cm³/mol. The van der Waals surface area contributed by atoms with Crippen LogP contribution < -0.4 is 28.7 Å². The molecule has 34 heavy (non-hydrogen) atoms. The van der Waals surface area contributed by atoms with Crippen molar-refractivity contribution in [1.82, 2.24) is 8.75 Å². The van der Waals surface area contributed by atoms with Crippen LogP contribution in [0.5, 0.6) is 5.88 Å². The molecule has 0 spiro atoms. The minimum absolute atomic E-state index is 0. The minimum Gasteiger partial charge on any atom is -1.00 e. The van der Waals surface area contributed by atoms with E-state index in [4.69, 9.17) is 14.2 Å². The van der Waals surface area contributed by atoms with Gasteiger partial charge >= 0.3 is 11.9 Å². The van der Waals surface area contributed by atoms with Gasteiger partial charge in [-0.2, -0.15) is 4.37 Å². The third-order valence-corrected chi connectivity index (χ3v) is 5.84. The van der Waals surface area contributed by atoms with Gasteiger partial charge in [-0.15, -0.1) is 4.37 Å². The van der Waals surface area contributed by atoms with Gasteiger partial charge in [0.1, 0.15) is 17.8 Å². The lowest BCUT2D eigenvalue weighted by atomic mass is 10.1. The normalized spacial score (nSPS) is 18.0. The molecule has 0 fully saturated rings. The monoisotopic (exact) mass is 609 g/mol. The van der Waals surface area contributed by atoms with Crippen molar-refractivity contribution in [3.63, 3.8) is 0 Å². The third-order valence-electron chi connectivity index (χ3n) is 5.33. The van der Waals surface area contributed by atoms with Gasteiger partial charge in [0.25, 0.3) is 5.88 Å². The number of likely N-dealkylation sites (N-methyl/N-ethyl adjacent to an activating group) is 1. The number of rotatable bonds is 13. The number of nitrogens with zero attached hydrogens (tertiary/aromatic N) is 3. The smallest absolute Gasteiger partial charge is 0.310 e. The van der Waals surface area contributed by atoms with E-state index in [0.717, 1.165) is 37.1 Å². The number of halogens is 1. The SMILES string of the molecule is CCCCCCOc1nsnc1C1=CCC[N+](C)(COC(=O)CCCC(=O)OC(C)(C)C)C1.[I-]. The molecule has 1 aromatic heterocycles. The second-order valence-corrected chi connectivity index (χ2v) is 10.5. The summed E-state index contributed by atoms with van der Waals surface area (Å²) in [6.07, 6.45) is 8.47. The molecule has 2 rings (SSSR count). The number of unbranched alkanes of at least 4 members (excludes halogenated alkanes) is 3. The molecule has 0 saturated carbocycles. The summed E-state index contributed by atoms with van der Waals surface area (Å²) in [5.74, 6) is 0.0242. The fraction of sp³-hybridized carbons (Fsp3) is 0.750. The molecule has 1 aromatic rings. The van der Waals surface area contributed by atoms with E-state index in [1.54, 1.807) is 0 Å². The first-order valence-electron chi connectivity index (χ1n) is 12.0. The summed E-state index contributed by atoms with van der Waals surface area (Å²) in [7, 11) is 2.08. The Labute approximate surface area is 225 Å². The Morgan fingerprint density at radius 2 is 1.82 bits per heavy atom. The molecular weight excluding hydrogens is 569 g/mol. The van der Waals surface area contributed by atoms with Crippen molar-refractivity contribution in [2.24, 2.45) is 0 Å². The number of carbonyl (C=O) groups is 2. The lowest BCUT2D eigenvalue weighted by Crippen LogP contribution is -3.00. The van der Waals surface area contributed by atoms with E-state index < -0.39 is 5.60 Å². The lowest BCUT2D eigenvalue weighted by Gasteiger charge is -2.36. The number of esters is 2. The van der Waals surface area contributed by atoms with Crippen molar-refractivity contribution in [2.45, 2.75) is 84.7 Å². The molecule has 0 N–H and O–H groups in total. The summed E-state index contributed by atoms with van der Waals surface area (Å²) in [4.78, 5) is 24.0. The van der Waals surface area contributed by atoms with Crippen LogP contribution in [0.25, 0.3) is 5.57 Å². The van der Waals surface area contributed by atoms with Crippen LogP contribution in [0.4, 0.5) is 0 Å². The number of hydrogen-bond donors (Lipinski definition) is 0. The van der Waals surface area contributed by atoms with E-state index in [2.05, 4.69) is 28.8 Å². The molecule has 1 unspecified atom stereocenters. The van der Waals surface area contributed by atoms with Gasteiger partial charge in [-0.3, -0.25) is 14.1 Å². The molecule has 8 nitrogen and oxygen atoms in total. The van der Waals surface area contributed by atoms with Crippen LogP contribution in [0.15, 0.2) is 6.08 Å². The van der Waals surface area contributed by atoms with Crippen LogP contribution in [0.3, 0.4) is 0 Å². The Kier molecular flexibility index (Phi) is 13.5. The maximum Gasteiger partial charge on any atom is 0.310 e. The van der Waals surface area contributed by atoms with Gasteiger partial charge in [0.2, 0.25) is 6.73 Å². The standard InChI is InChI=1S/C24H40N3O5S.HI/c1-6-7-8-9-16-30-23-22(25-33-26-23)19-12-11-15-27(5,17-19)18-31-20(28)13-10-14-21(29)32-24(2,3)4;/h12H,6-11,13-18H2,1-5H3;1H/q+1;/p-1. The number of carbonyl (C=O) groups excluding carboxylic acids is 2. The topological polar surface area (TPSA) is 87.6 Å². The molecule has 0 saturated heterocycles. The highest BCUT2D eigenvalue weighted by atomic mass is 127. The Bertz CT molecular complexity index is 809. The molecule has 10 heteroatoms. The van der Waals surface area contributed by atoms with Crippen LogP contribution in [0.1, 0.15) is 84.8 Å². The fourth-order valence-corrected chi connectivity index (χ4v) is 4.16. The zero-order valence-electron chi connectivity index (χ0n) is 21.2. The summed E-state index contributed by atoms with van der Waals surface area (Å²) >= 11 is 1.17. The van der Waals surface area contributed by atoms with Gasteiger partial charge in [0.15, 0.2) is 0 Å². The molecular formula is C24H40IN3O5S. The van der Waals surface area contributed by atoms with Gasteiger partial charge in [-0.1, -0.05) is 32.3 Å². The number of hydrogen-bond acceptors (Lipinski definition) is 8. The van der Waals surface area contributed by atoms with Gasteiger partial charge in [0, 0.05) is 24.8 Å². The largest absolute Gasteiger partial charge is 1.00 e. The molecule has 1 aliphatic rings. The molecule has 0 radical (unpaired) electrons. The average Bonchev–Trinajstić information content (AvgIpc) is 3.19. The van der Waals surface area contributed by atoms with Crippen LogP contribution >= 0.6 is 11.7 Å². The van der Waals surface area contributed by atoms with Crippen LogP contribution in [0.2, 0.25) is 0 Å². The first kappa shape index (κ1) is 30.8. The van der Waals surface area contributed by atoms with E-state index in [1.165, 1.54) is 24.6 Å². The molecule has 1 atom stereocenters. The number of aromatic nitrogens is 2. The highest BCUT2D eigenvalue weighted by Gasteiger charge is 2.31. The van der Waals surface area contributed by atoms with Crippen molar-refractivity contribution < 1.29 is 52.3 Å². The molecule has 0 aromatic carbocycles. The number of quaternary nitrogens is 1. The zero-order valence-corrected chi connectivity index (χ0v) is 24.2. The minimum atomic E-state index is -0.511. The second kappa shape index (κ2) is 15.0. The Morgan fingerprint density at radius 1 is 1.09 bits per heavy atom. The second-order valence-electron chi connectivity index (χ2n) is 9.93. The van der Waals surface area contributed by atoms with E-state index in [0.29, 0.717) is 29.9 Å². The van der Waals surface area contributed by atoms with Crippen molar-refractivity contribution >= 4 is 29.2 Å². The average molecular weight is 610 g/mol. The van der Waals surface area contributed by atoms with Crippen LogP contribution in [0, 0.1) is 0 Å². The maximum absolute atomic E-state index is 12.2. The highest BCUT2D eigenvalue weighted by molar-refractivity contribution is 6.99. The van der Waals surface area contributed by atoms with E-state index in [1.807, 2.05) is 20.8 Å². The number of ether oxygens (including phenoxy) is 3. The maximum atomic E-state index is 12.2. The van der Waals surface area contributed by atoms with Crippen molar-refractivity contribution in [3.05, 3.63) is 11.8 Å². The quantitative estimate of drug-likeness (QED) is 0.146. The Hall–Kier alpha value is -1.27. The molecule has 194 valence electrons. The van der Waals surface area contributed by atoms with Crippen LogP contribution in [-0.4, -0.2) is 64.2 Å². The molecule has 0 aliphatic carbocycles. The summed E-state index contributed by atoms with van der Waals surface area (Å²) < 4.78 is 26.1. The molecule has 1 aliphatic heterocycles.